The fourth-order valence-corrected chi connectivity index (χ4v) is 0.614. The molecule has 5 nitrogen and oxygen atoms in total. The highest BCUT2D eigenvalue weighted by Gasteiger charge is 1.80. The minimum atomic E-state index is -0.833. The molecular weight excluding hydrogens is 210 g/mol. The van der Waals surface area contributed by atoms with Crippen molar-refractivity contribution in [3.05, 3.63) is 35.9 Å². The second kappa shape index (κ2) is 11.2. The second-order valence-corrected chi connectivity index (χ2v) is 2.73. The summed E-state index contributed by atoms with van der Waals surface area (Å²) in [5.74, 6) is -1.67. The summed E-state index contributed by atoms with van der Waals surface area (Å²) in [5, 5.41) is 14.8. The summed E-state index contributed by atoms with van der Waals surface area (Å²) < 4.78 is 0. The van der Waals surface area contributed by atoms with Gasteiger partial charge in [0.2, 0.25) is 0 Å². The lowest BCUT2D eigenvalue weighted by Crippen LogP contribution is -1.94. The van der Waals surface area contributed by atoms with Crippen LogP contribution in [-0.2, 0) is 16.1 Å². The number of nitrogens with two attached hydrogens (primary N) is 1. The maximum atomic E-state index is 9.00. The monoisotopic (exact) mass is 227 g/mol. The fraction of sp³-hybridized carbons (Fsp3) is 0.273. The van der Waals surface area contributed by atoms with Crippen molar-refractivity contribution >= 4 is 11.9 Å². The first-order chi connectivity index (χ1) is 7.40. The molecule has 4 N–H and O–H groups in total. The predicted octanol–water partition coefficient (Wildman–Crippen LogP) is 1.33. The minimum absolute atomic E-state index is 0.640. The van der Waals surface area contributed by atoms with Gasteiger partial charge >= 0.3 is 0 Å². The summed E-state index contributed by atoms with van der Waals surface area (Å²) in [6.45, 7) is 2.81. The molecule has 0 aromatic heterocycles. The van der Waals surface area contributed by atoms with Crippen LogP contribution in [-0.4, -0.2) is 22.2 Å². The normalized spacial score (nSPS) is 7.69. The van der Waals surface area contributed by atoms with Gasteiger partial charge in [-0.1, -0.05) is 30.3 Å². The Morgan fingerprint density at radius 1 is 1.06 bits per heavy atom. The lowest BCUT2D eigenvalue weighted by Gasteiger charge is -1.90. The van der Waals surface area contributed by atoms with Crippen LogP contribution in [0, 0.1) is 0 Å². The Bertz CT molecular complexity index is 278. The van der Waals surface area contributed by atoms with Gasteiger partial charge in [0.05, 0.1) is 0 Å². The van der Waals surface area contributed by atoms with E-state index in [0.29, 0.717) is 6.54 Å². The van der Waals surface area contributed by atoms with Crippen molar-refractivity contribution in [2.45, 2.75) is 20.4 Å². The lowest BCUT2D eigenvalue weighted by atomic mass is 10.2. The Morgan fingerprint density at radius 3 is 1.56 bits per heavy atom. The molecule has 0 aliphatic carbocycles. The first kappa shape index (κ1) is 16.5. The van der Waals surface area contributed by atoms with Crippen LogP contribution >= 0.6 is 0 Å². The van der Waals surface area contributed by atoms with Gasteiger partial charge in [0.25, 0.3) is 11.9 Å². The minimum Gasteiger partial charge on any atom is -0.481 e. The van der Waals surface area contributed by atoms with Crippen molar-refractivity contribution in [1.82, 2.24) is 0 Å². The fourth-order valence-electron chi connectivity index (χ4n) is 0.614. The molecule has 0 bridgehead atoms. The highest BCUT2D eigenvalue weighted by molar-refractivity contribution is 5.63. The SMILES string of the molecule is CC(=O)O.CC(=O)O.NCc1ccccc1. The Kier molecular flexibility index (Phi) is 11.6. The molecule has 1 rings (SSSR count). The van der Waals surface area contributed by atoms with Crippen LogP contribution in [0.1, 0.15) is 19.4 Å². The van der Waals surface area contributed by atoms with Gasteiger partial charge in [-0.3, -0.25) is 9.59 Å². The van der Waals surface area contributed by atoms with E-state index in [1.54, 1.807) is 0 Å². The molecule has 0 heterocycles. The van der Waals surface area contributed by atoms with E-state index in [-0.39, 0.29) is 0 Å². The van der Waals surface area contributed by atoms with Crippen LogP contribution < -0.4 is 5.73 Å². The van der Waals surface area contributed by atoms with E-state index in [9.17, 15) is 0 Å². The Balaban J connectivity index is 0. The molecule has 90 valence electrons. The maximum absolute atomic E-state index is 9.00. The second-order valence-electron chi connectivity index (χ2n) is 2.73. The van der Waals surface area contributed by atoms with Crippen LogP contribution in [0.15, 0.2) is 30.3 Å². The van der Waals surface area contributed by atoms with E-state index in [2.05, 4.69) is 0 Å². The third kappa shape index (κ3) is 22.7. The Hall–Kier alpha value is -1.88. The van der Waals surface area contributed by atoms with Crippen molar-refractivity contribution < 1.29 is 19.8 Å². The molecule has 5 heteroatoms. The van der Waals surface area contributed by atoms with Crippen molar-refractivity contribution in [2.75, 3.05) is 0 Å². The first-order valence-electron chi connectivity index (χ1n) is 4.53. The van der Waals surface area contributed by atoms with E-state index in [1.165, 1.54) is 5.56 Å². The maximum Gasteiger partial charge on any atom is 0.300 e. The number of rotatable bonds is 1. The quantitative estimate of drug-likeness (QED) is 0.671. The van der Waals surface area contributed by atoms with Crippen LogP contribution in [0.3, 0.4) is 0 Å². The summed E-state index contributed by atoms with van der Waals surface area (Å²) >= 11 is 0. The van der Waals surface area contributed by atoms with Gasteiger partial charge in [-0.25, -0.2) is 0 Å². The standard InChI is InChI=1S/C7H9N.2C2H4O2/c8-6-7-4-2-1-3-5-7;2*1-2(3)4/h1-5H,6,8H2;2*1H3,(H,3,4). The smallest absolute Gasteiger partial charge is 0.300 e. The highest BCUT2D eigenvalue weighted by Crippen LogP contribution is 1.94. The van der Waals surface area contributed by atoms with Crippen molar-refractivity contribution in [3.63, 3.8) is 0 Å². The van der Waals surface area contributed by atoms with Gasteiger partial charge < -0.3 is 15.9 Å². The molecule has 0 aliphatic rings. The largest absolute Gasteiger partial charge is 0.481 e. The van der Waals surface area contributed by atoms with Crippen LogP contribution in [0.25, 0.3) is 0 Å². The average Bonchev–Trinajstić information content (AvgIpc) is 2.17. The third-order valence-corrected chi connectivity index (χ3v) is 1.08. The summed E-state index contributed by atoms with van der Waals surface area (Å²) in [6, 6.07) is 9.99. The number of aliphatic carboxylic acids is 2. The van der Waals surface area contributed by atoms with Gasteiger partial charge in [0.1, 0.15) is 0 Å². The number of carbonyl (C=O) groups is 2. The zero-order chi connectivity index (χ0) is 13.0. The molecule has 0 unspecified atom stereocenters. The Morgan fingerprint density at radius 2 is 1.38 bits per heavy atom. The number of benzene rings is 1. The zero-order valence-electron chi connectivity index (χ0n) is 9.38. The van der Waals surface area contributed by atoms with Crippen LogP contribution in [0.4, 0.5) is 0 Å². The number of hydrogen-bond donors (Lipinski definition) is 3. The summed E-state index contributed by atoms with van der Waals surface area (Å²) in [6.07, 6.45) is 0. The van der Waals surface area contributed by atoms with Gasteiger partial charge in [-0.2, -0.15) is 0 Å². The highest BCUT2D eigenvalue weighted by atomic mass is 16.4. The Labute approximate surface area is 94.5 Å². The van der Waals surface area contributed by atoms with E-state index >= 15 is 0 Å². The molecule has 0 amide bonds. The number of carboxylic acid groups (broad SMARTS) is 2. The van der Waals surface area contributed by atoms with Gasteiger partial charge in [-0.05, 0) is 5.56 Å². The summed E-state index contributed by atoms with van der Waals surface area (Å²) in [4.78, 5) is 18.0. The molecule has 0 aliphatic heterocycles. The van der Waals surface area contributed by atoms with Crippen LogP contribution in [0.5, 0.6) is 0 Å². The lowest BCUT2D eigenvalue weighted by molar-refractivity contribution is -0.135. The van der Waals surface area contributed by atoms with E-state index in [4.69, 9.17) is 25.5 Å². The molecule has 0 radical (unpaired) electrons. The van der Waals surface area contributed by atoms with E-state index in [1.807, 2.05) is 30.3 Å². The summed E-state index contributed by atoms with van der Waals surface area (Å²) in [7, 11) is 0. The molecule has 1 aromatic rings. The molecular formula is C11H17NO4. The molecule has 0 fully saturated rings. The van der Waals surface area contributed by atoms with Crippen molar-refractivity contribution in [2.24, 2.45) is 5.73 Å². The molecule has 0 saturated carbocycles. The van der Waals surface area contributed by atoms with Crippen molar-refractivity contribution in [3.8, 4) is 0 Å². The van der Waals surface area contributed by atoms with Crippen molar-refractivity contribution in [1.29, 1.82) is 0 Å². The number of hydrogen-bond acceptors (Lipinski definition) is 3. The predicted molar refractivity (Wildman–Crippen MR) is 61.0 cm³/mol. The molecule has 0 atom stereocenters. The molecule has 1 aromatic carbocycles. The van der Waals surface area contributed by atoms with E-state index < -0.39 is 11.9 Å². The third-order valence-electron chi connectivity index (χ3n) is 1.08. The first-order valence-corrected chi connectivity index (χ1v) is 4.53. The average molecular weight is 227 g/mol. The molecule has 0 spiro atoms. The van der Waals surface area contributed by atoms with Gasteiger partial charge in [0, 0.05) is 20.4 Å². The van der Waals surface area contributed by atoms with E-state index in [0.717, 1.165) is 13.8 Å². The molecule has 16 heavy (non-hydrogen) atoms. The molecule has 0 saturated heterocycles. The van der Waals surface area contributed by atoms with Gasteiger partial charge in [-0.15, -0.1) is 0 Å². The summed E-state index contributed by atoms with van der Waals surface area (Å²) in [5.41, 5.74) is 6.54. The van der Waals surface area contributed by atoms with Gasteiger partial charge in [0.15, 0.2) is 0 Å². The topological polar surface area (TPSA) is 101 Å². The number of carboxylic acids is 2. The van der Waals surface area contributed by atoms with Crippen LogP contribution in [0.2, 0.25) is 0 Å². The zero-order valence-corrected chi connectivity index (χ0v) is 9.38.